The number of nitrogens with two attached hydrogens (primary N) is 1. The van der Waals surface area contributed by atoms with Gasteiger partial charge in [0, 0.05) is 0 Å². The first-order valence-electron chi connectivity index (χ1n) is 8.79. The van der Waals surface area contributed by atoms with Gasteiger partial charge < -0.3 is 5.73 Å². The van der Waals surface area contributed by atoms with E-state index >= 15 is 0 Å². The van der Waals surface area contributed by atoms with E-state index in [9.17, 15) is 8.42 Å². The van der Waals surface area contributed by atoms with Gasteiger partial charge in [-0.2, -0.15) is 9.61 Å². The molecule has 1 unspecified atom stereocenters. The molecule has 0 saturated carbocycles. The van der Waals surface area contributed by atoms with Crippen molar-refractivity contribution < 1.29 is 8.42 Å². The molecule has 0 aliphatic heterocycles. The first kappa shape index (κ1) is 20.7. The van der Waals surface area contributed by atoms with Gasteiger partial charge in [-0.25, -0.2) is 18.4 Å². The highest BCUT2D eigenvalue weighted by molar-refractivity contribution is 7.99. The van der Waals surface area contributed by atoms with E-state index in [-0.39, 0.29) is 15.8 Å². The molecule has 0 amide bonds. The fourth-order valence-electron chi connectivity index (χ4n) is 3.10. The van der Waals surface area contributed by atoms with Gasteiger partial charge in [0.2, 0.25) is 9.84 Å². The van der Waals surface area contributed by atoms with Crippen molar-refractivity contribution in [3.05, 3.63) is 42.0 Å². The Morgan fingerprint density at radius 1 is 1.21 bits per heavy atom. The molecular weight excluding hydrogens is 396 g/mol. The number of thioether (sulfide) groups is 1. The summed E-state index contributed by atoms with van der Waals surface area (Å²) in [5.41, 5.74) is 6.08. The molecule has 1 atom stereocenters. The summed E-state index contributed by atoms with van der Waals surface area (Å²) < 4.78 is 28.3. The second-order valence-electron chi connectivity index (χ2n) is 6.58. The minimum Gasteiger partial charge on any atom is -0.330 e. The van der Waals surface area contributed by atoms with Crippen LogP contribution in [0.1, 0.15) is 24.1 Å². The third-order valence-electron chi connectivity index (χ3n) is 4.43. The van der Waals surface area contributed by atoms with E-state index < -0.39 is 9.84 Å². The molecule has 2 aromatic heterocycles. The Bertz CT molecular complexity index is 1080. The molecule has 10 heteroatoms. The molecule has 0 spiro atoms. The van der Waals surface area contributed by atoms with Crippen LogP contribution in [0.2, 0.25) is 0 Å². The molecule has 150 valence electrons. The highest BCUT2D eigenvalue weighted by atomic mass is 32.2. The molecule has 28 heavy (non-hydrogen) atoms. The number of hydrogen-bond donors (Lipinski definition) is 1. The normalized spacial score (nSPS) is 13.4. The quantitative estimate of drug-likeness (QED) is 0.578. The van der Waals surface area contributed by atoms with E-state index in [0.717, 1.165) is 0 Å². The molecule has 8 nitrogen and oxygen atoms in total. The van der Waals surface area contributed by atoms with Gasteiger partial charge in [-0.15, -0.1) is 11.8 Å². The maximum absolute atomic E-state index is 13.4. The van der Waals surface area contributed by atoms with Crippen molar-refractivity contribution in [1.82, 2.24) is 24.5 Å². The Labute approximate surface area is 169 Å². The molecule has 0 fully saturated rings. The smallest absolute Gasteiger partial charge is 0.213 e. The first-order chi connectivity index (χ1) is 13.3. The van der Waals surface area contributed by atoms with E-state index in [1.165, 1.54) is 11.8 Å². The molecule has 0 aliphatic rings. The average molecular weight is 421 g/mol. The predicted molar refractivity (Wildman–Crippen MR) is 109 cm³/mol. The van der Waals surface area contributed by atoms with Crippen LogP contribution < -0.4 is 5.73 Å². The van der Waals surface area contributed by atoms with Crippen LogP contribution in [0, 0.1) is 6.92 Å². The van der Waals surface area contributed by atoms with Crippen LogP contribution in [0.15, 0.2) is 45.1 Å². The average Bonchev–Trinajstić information content (AvgIpc) is 3.05. The Morgan fingerprint density at radius 2 is 1.89 bits per heavy atom. The van der Waals surface area contributed by atoms with Crippen molar-refractivity contribution in [3.63, 3.8) is 0 Å². The number of fused-ring (bicyclic) bond motifs is 1. The minimum atomic E-state index is -3.79. The lowest BCUT2D eigenvalue weighted by atomic mass is 10.1. The molecular formula is C18H24N6O2S2. The fourth-order valence-corrected chi connectivity index (χ4v) is 5.52. The maximum atomic E-state index is 13.4. The Balaban J connectivity index is 2.34. The van der Waals surface area contributed by atoms with E-state index in [2.05, 4.69) is 15.1 Å². The van der Waals surface area contributed by atoms with Crippen LogP contribution in [0.4, 0.5) is 0 Å². The third kappa shape index (κ3) is 3.64. The summed E-state index contributed by atoms with van der Waals surface area (Å²) in [5.74, 6) is 1.12. The molecule has 0 saturated heterocycles. The number of nitrogens with zero attached hydrogens (tertiary/aromatic N) is 5. The molecule has 3 rings (SSSR count). The van der Waals surface area contributed by atoms with Gasteiger partial charge in [-0.1, -0.05) is 18.2 Å². The van der Waals surface area contributed by atoms with Crippen LogP contribution in [-0.2, 0) is 9.84 Å². The van der Waals surface area contributed by atoms with E-state index in [4.69, 9.17) is 5.73 Å². The summed E-state index contributed by atoms with van der Waals surface area (Å²) in [6.07, 6.45) is 2.46. The second kappa shape index (κ2) is 8.16. The van der Waals surface area contributed by atoms with Gasteiger partial charge >= 0.3 is 0 Å². The number of hydrogen-bond acceptors (Lipinski definition) is 8. The maximum Gasteiger partial charge on any atom is 0.213 e. The first-order valence-corrected chi connectivity index (χ1v) is 11.5. The standard InChI is InChI=1S/C18H24N6O2S2/c1-12-20-16(14(10-11-19)23(2)3)24-17(21-12)15(18(22-24)27-4)28(25,26)13-8-6-5-7-9-13/h5-9,14H,10-11,19H2,1-4H3. The van der Waals surface area contributed by atoms with Gasteiger partial charge in [0.15, 0.2) is 16.4 Å². The third-order valence-corrected chi connectivity index (χ3v) is 7.03. The molecule has 2 heterocycles. The van der Waals surface area contributed by atoms with Crippen molar-refractivity contribution in [2.45, 2.75) is 34.2 Å². The van der Waals surface area contributed by atoms with Crippen LogP contribution >= 0.6 is 11.8 Å². The van der Waals surface area contributed by atoms with Crippen LogP contribution in [0.3, 0.4) is 0 Å². The zero-order valence-corrected chi connectivity index (χ0v) is 18.0. The zero-order valence-electron chi connectivity index (χ0n) is 16.3. The number of rotatable bonds is 7. The fraction of sp³-hybridized carbons (Fsp3) is 0.389. The lowest BCUT2D eigenvalue weighted by molar-refractivity contribution is 0.269. The lowest BCUT2D eigenvalue weighted by Crippen LogP contribution is -2.26. The molecule has 0 aliphatic carbocycles. The predicted octanol–water partition coefficient (Wildman–Crippen LogP) is 1.94. The second-order valence-corrected chi connectivity index (χ2v) is 9.26. The van der Waals surface area contributed by atoms with Crippen molar-refractivity contribution >= 4 is 27.2 Å². The van der Waals surface area contributed by atoms with Crippen molar-refractivity contribution in [3.8, 4) is 0 Å². The lowest BCUT2D eigenvalue weighted by Gasteiger charge is -2.23. The number of benzene rings is 1. The van der Waals surface area contributed by atoms with Gasteiger partial charge in [-0.3, -0.25) is 4.90 Å². The van der Waals surface area contributed by atoms with E-state index in [1.807, 2.05) is 19.0 Å². The monoisotopic (exact) mass is 420 g/mol. The van der Waals surface area contributed by atoms with Crippen LogP contribution in [0.25, 0.3) is 5.65 Å². The van der Waals surface area contributed by atoms with Gasteiger partial charge in [0.25, 0.3) is 0 Å². The van der Waals surface area contributed by atoms with Crippen molar-refractivity contribution in [2.75, 3.05) is 26.9 Å². The van der Waals surface area contributed by atoms with E-state index in [0.29, 0.717) is 35.3 Å². The van der Waals surface area contributed by atoms with Crippen molar-refractivity contribution in [2.24, 2.45) is 5.73 Å². The van der Waals surface area contributed by atoms with Crippen molar-refractivity contribution in [1.29, 1.82) is 0 Å². The Morgan fingerprint density at radius 3 is 2.46 bits per heavy atom. The van der Waals surface area contributed by atoms with Crippen LogP contribution in [-0.4, -0.2) is 59.8 Å². The molecule has 3 aromatic rings. The summed E-state index contributed by atoms with van der Waals surface area (Å²) in [7, 11) is 0.0800. The highest BCUT2D eigenvalue weighted by Gasteiger charge is 2.31. The minimum absolute atomic E-state index is 0.114. The topological polar surface area (TPSA) is 106 Å². The van der Waals surface area contributed by atoms with Gasteiger partial charge in [-0.05, 0) is 52.4 Å². The summed E-state index contributed by atoms with van der Waals surface area (Å²) in [6, 6.07) is 8.22. The van der Waals surface area contributed by atoms with Gasteiger partial charge in [0.1, 0.15) is 10.9 Å². The summed E-state index contributed by atoms with van der Waals surface area (Å²) >= 11 is 1.27. The molecule has 2 N–H and O–H groups in total. The van der Waals surface area contributed by atoms with Gasteiger partial charge in [0.05, 0.1) is 10.9 Å². The zero-order chi connectivity index (χ0) is 20.5. The molecule has 0 bridgehead atoms. The van der Waals surface area contributed by atoms with Crippen LogP contribution in [0.5, 0.6) is 0 Å². The largest absolute Gasteiger partial charge is 0.330 e. The molecule has 1 aromatic carbocycles. The summed E-state index contributed by atoms with van der Waals surface area (Å²) in [6.45, 7) is 2.22. The number of sulfone groups is 1. The highest BCUT2D eigenvalue weighted by Crippen LogP contribution is 2.33. The number of aryl methyl sites for hydroxylation is 1. The summed E-state index contributed by atoms with van der Waals surface area (Å²) in [4.78, 5) is 11.3. The molecule has 0 radical (unpaired) electrons. The Kier molecular flexibility index (Phi) is 6.04. The SMILES string of the molecule is CSc1nn2c(C(CCN)N(C)C)nc(C)nc2c1S(=O)(=O)c1ccccc1. The Hall–Kier alpha value is -2.01. The summed E-state index contributed by atoms with van der Waals surface area (Å²) in [5, 5.41) is 4.96. The van der Waals surface area contributed by atoms with E-state index in [1.54, 1.807) is 48.0 Å². The number of aromatic nitrogens is 4.